The third-order valence-corrected chi connectivity index (χ3v) is 6.58. The van der Waals surface area contributed by atoms with Gasteiger partial charge in [0.05, 0.1) is 11.6 Å². The standard InChI is InChI=1S/C29H37FN2O3/c1-4-6-17-31(18-7-5-2)19-8-20-32-26(22-13-15-24(30)16-14-22)25(28(34)29(32)35)27(33)23-11-9-21(3)10-12-23/h9-16,26,33H,4-8,17-20H2,1-3H3/t26-/m0/s1. The van der Waals surface area contributed by atoms with Crippen molar-refractivity contribution in [1.29, 1.82) is 0 Å². The largest absolute Gasteiger partial charge is 0.507 e. The average Bonchev–Trinajstić information content (AvgIpc) is 3.10. The van der Waals surface area contributed by atoms with Crippen LogP contribution in [-0.4, -0.2) is 52.8 Å². The first-order valence-corrected chi connectivity index (χ1v) is 12.7. The predicted molar refractivity (Wildman–Crippen MR) is 137 cm³/mol. The summed E-state index contributed by atoms with van der Waals surface area (Å²) < 4.78 is 13.7. The molecule has 1 saturated heterocycles. The highest BCUT2D eigenvalue weighted by molar-refractivity contribution is 6.46. The number of unbranched alkanes of at least 4 members (excludes halogenated alkanes) is 2. The van der Waals surface area contributed by atoms with Gasteiger partial charge in [-0.2, -0.15) is 0 Å². The number of carbonyl (C=O) groups excluding carboxylic acids is 2. The van der Waals surface area contributed by atoms with Crippen molar-refractivity contribution in [3.63, 3.8) is 0 Å². The molecule has 2 aromatic rings. The summed E-state index contributed by atoms with van der Waals surface area (Å²) in [5, 5.41) is 11.1. The molecule has 3 rings (SSSR count). The summed E-state index contributed by atoms with van der Waals surface area (Å²) in [4.78, 5) is 30.2. The van der Waals surface area contributed by atoms with E-state index >= 15 is 0 Å². The Morgan fingerprint density at radius 3 is 2.06 bits per heavy atom. The number of rotatable bonds is 12. The molecule has 1 aliphatic heterocycles. The maximum absolute atomic E-state index is 13.7. The number of aliphatic hydroxyl groups is 1. The molecule has 0 saturated carbocycles. The fourth-order valence-electron chi connectivity index (χ4n) is 4.53. The van der Waals surface area contributed by atoms with E-state index < -0.39 is 23.5 Å². The average molecular weight is 481 g/mol. The zero-order valence-corrected chi connectivity index (χ0v) is 21.1. The van der Waals surface area contributed by atoms with Crippen molar-refractivity contribution in [1.82, 2.24) is 9.80 Å². The second-order valence-corrected chi connectivity index (χ2v) is 9.31. The van der Waals surface area contributed by atoms with Crippen molar-refractivity contribution >= 4 is 17.4 Å². The van der Waals surface area contributed by atoms with Crippen molar-refractivity contribution in [3.8, 4) is 0 Å². The molecule has 1 amide bonds. The van der Waals surface area contributed by atoms with Gasteiger partial charge in [0, 0.05) is 12.1 Å². The topological polar surface area (TPSA) is 60.9 Å². The van der Waals surface area contributed by atoms with E-state index in [4.69, 9.17) is 0 Å². The first-order chi connectivity index (χ1) is 16.9. The van der Waals surface area contributed by atoms with Crippen LogP contribution in [0, 0.1) is 12.7 Å². The second-order valence-electron chi connectivity index (χ2n) is 9.31. The molecule has 1 N–H and O–H groups in total. The molecule has 35 heavy (non-hydrogen) atoms. The lowest BCUT2D eigenvalue weighted by molar-refractivity contribution is -0.140. The minimum Gasteiger partial charge on any atom is -0.507 e. The van der Waals surface area contributed by atoms with Gasteiger partial charge in [-0.15, -0.1) is 0 Å². The van der Waals surface area contributed by atoms with Gasteiger partial charge in [-0.3, -0.25) is 9.59 Å². The number of aliphatic hydroxyl groups excluding tert-OH is 1. The minimum atomic E-state index is -0.753. The molecule has 1 atom stereocenters. The van der Waals surface area contributed by atoms with Gasteiger partial charge in [0.15, 0.2) is 0 Å². The molecule has 0 spiro atoms. The first-order valence-electron chi connectivity index (χ1n) is 12.7. The molecular formula is C29H37FN2O3. The van der Waals surface area contributed by atoms with Crippen LogP contribution in [0.5, 0.6) is 0 Å². The van der Waals surface area contributed by atoms with Gasteiger partial charge in [0.1, 0.15) is 11.6 Å². The number of likely N-dealkylation sites (tertiary alicyclic amines) is 1. The number of Topliss-reactive ketones (excluding diaryl/α,β-unsaturated/α-hetero) is 1. The quantitative estimate of drug-likeness (QED) is 0.235. The molecule has 5 nitrogen and oxygen atoms in total. The molecule has 1 aliphatic rings. The molecule has 188 valence electrons. The van der Waals surface area contributed by atoms with Crippen LogP contribution in [0.25, 0.3) is 5.76 Å². The summed E-state index contributed by atoms with van der Waals surface area (Å²) in [6, 6.07) is 12.2. The van der Waals surface area contributed by atoms with Crippen LogP contribution in [0.1, 0.15) is 68.7 Å². The van der Waals surface area contributed by atoms with E-state index in [9.17, 15) is 19.1 Å². The lowest BCUT2D eigenvalue weighted by atomic mass is 9.95. The van der Waals surface area contributed by atoms with Gasteiger partial charge in [-0.25, -0.2) is 4.39 Å². The van der Waals surface area contributed by atoms with Crippen LogP contribution >= 0.6 is 0 Å². The maximum atomic E-state index is 13.7. The first kappa shape index (κ1) is 26.6. The molecule has 0 radical (unpaired) electrons. The Kier molecular flexibility index (Phi) is 9.61. The number of nitrogens with zero attached hydrogens (tertiary/aromatic N) is 2. The molecule has 1 fully saturated rings. The number of hydrogen-bond donors (Lipinski definition) is 1. The lowest BCUT2D eigenvalue weighted by Crippen LogP contribution is -2.34. The number of ketones is 1. The Morgan fingerprint density at radius 1 is 0.914 bits per heavy atom. The van der Waals surface area contributed by atoms with Gasteiger partial charge in [0.2, 0.25) is 0 Å². The Hall–Kier alpha value is -2.99. The van der Waals surface area contributed by atoms with Gasteiger partial charge < -0.3 is 14.9 Å². The van der Waals surface area contributed by atoms with Crippen LogP contribution in [0.3, 0.4) is 0 Å². The number of halogens is 1. The monoisotopic (exact) mass is 480 g/mol. The third kappa shape index (κ3) is 6.57. The van der Waals surface area contributed by atoms with E-state index in [-0.39, 0.29) is 11.3 Å². The number of aryl methyl sites for hydroxylation is 1. The number of hydrogen-bond acceptors (Lipinski definition) is 4. The summed E-state index contributed by atoms with van der Waals surface area (Å²) in [6.07, 6.45) is 5.21. The highest BCUT2D eigenvalue weighted by Crippen LogP contribution is 2.39. The summed E-state index contributed by atoms with van der Waals surface area (Å²) in [5.74, 6) is -1.92. The van der Waals surface area contributed by atoms with Crippen LogP contribution in [0.4, 0.5) is 4.39 Å². The number of benzene rings is 2. The van der Waals surface area contributed by atoms with Gasteiger partial charge >= 0.3 is 0 Å². The van der Waals surface area contributed by atoms with Crippen LogP contribution in [0.2, 0.25) is 0 Å². The number of carbonyl (C=O) groups is 2. The van der Waals surface area contributed by atoms with Gasteiger partial charge in [0.25, 0.3) is 11.7 Å². The number of amides is 1. The summed E-state index contributed by atoms with van der Waals surface area (Å²) >= 11 is 0. The van der Waals surface area contributed by atoms with Crippen molar-refractivity contribution in [2.24, 2.45) is 0 Å². The van der Waals surface area contributed by atoms with Crippen molar-refractivity contribution in [2.45, 2.75) is 58.9 Å². The Morgan fingerprint density at radius 2 is 1.49 bits per heavy atom. The van der Waals surface area contributed by atoms with E-state index in [1.807, 2.05) is 19.1 Å². The lowest BCUT2D eigenvalue weighted by Gasteiger charge is -2.27. The van der Waals surface area contributed by atoms with Crippen molar-refractivity contribution in [3.05, 3.63) is 76.6 Å². The van der Waals surface area contributed by atoms with Gasteiger partial charge in [-0.1, -0.05) is 68.7 Å². The van der Waals surface area contributed by atoms with E-state index in [0.29, 0.717) is 24.1 Å². The molecule has 0 unspecified atom stereocenters. The van der Waals surface area contributed by atoms with Crippen molar-refractivity contribution in [2.75, 3.05) is 26.2 Å². The van der Waals surface area contributed by atoms with E-state index in [0.717, 1.165) is 50.9 Å². The maximum Gasteiger partial charge on any atom is 0.295 e. The summed E-state index contributed by atoms with van der Waals surface area (Å²) in [6.45, 7) is 9.53. The molecular weight excluding hydrogens is 443 g/mol. The Labute approximate surface area is 208 Å². The molecule has 1 heterocycles. The van der Waals surface area contributed by atoms with E-state index in [1.54, 1.807) is 24.3 Å². The fraction of sp³-hybridized carbons (Fsp3) is 0.448. The van der Waals surface area contributed by atoms with Crippen molar-refractivity contribution < 1.29 is 19.1 Å². The smallest absolute Gasteiger partial charge is 0.295 e. The zero-order valence-electron chi connectivity index (χ0n) is 21.1. The Bertz CT molecular complexity index is 1020. The van der Waals surface area contributed by atoms with Crippen LogP contribution in [-0.2, 0) is 9.59 Å². The molecule has 0 aliphatic carbocycles. The summed E-state index contributed by atoms with van der Waals surface area (Å²) in [5.41, 5.74) is 2.16. The highest BCUT2D eigenvalue weighted by atomic mass is 19.1. The Balaban J connectivity index is 1.90. The molecule has 0 aromatic heterocycles. The minimum absolute atomic E-state index is 0.0549. The third-order valence-electron chi connectivity index (χ3n) is 6.58. The summed E-state index contributed by atoms with van der Waals surface area (Å²) in [7, 11) is 0. The van der Waals surface area contributed by atoms with Crippen LogP contribution < -0.4 is 0 Å². The van der Waals surface area contributed by atoms with Crippen LogP contribution in [0.15, 0.2) is 54.1 Å². The van der Waals surface area contributed by atoms with E-state index in [2.05, 4.69) is 18.7 Å². The second kappa shape index (κ2) is 12.6. The normalized spacial score (nSPS) is 17.5. The zero-order chi connectivity index (χ0) is 25.4. The highest BCUT2D eigenvalue weighted by Gasteiger charge is 2.45. The molecule has 2 aromatic carbocycles. The predicted octanol–water partition coefficient (Wildman–Crippen LogP) is 5.85. The SMILES string of the molecule is CCCCN(CCCC)CCCN1C(=O)C(=O)C(=C(O)c2ccc(C)cc2)[C@@H]1c1ccc(F)cc1. The molecule has 6 heteroatoms. The van der Waals surface area contributed by atoms with Gasteiger partial charge in [-0.05, 0) is 63.5 Å². The van der Waals surface area contributed by atoms with E-state index in [1.165, 1.54) is 17.0 Å². The molecule has 0 bridgehead atoms. The fourth-order valence-corrected chi connectivity index (χ4v) is 4.53.